The molecule has 0 aliphatic heterocycles. The van der Waals surface area contributed by atoms with E-state index in [1.54, 1.807) is 0 Å². The molecule has 0 spiro atoms. The lowest BCUT2D eigenvalue weighted by atomic mass is 9.46. The molecule has 174 valence electrons. The molecule has 0 aromatic carbocycles. The Labute approximate surface area is 189 Å². The Kier molecular flexibility index (Phi) is 6.71. The van der Waals surface area contributed by atoms with Crippen LogP contribution in [0.15, 0.2) is 11.6 Å². The number of carbonyl (C=O) groups is 2. The standard InChI is InChI=1S/C28H44O3/c1-19(8-6-5-7-17-31-20(2)29)24-11-12-25-23-10-9-21-18-22(30)13-15-27(21,3)26(23)14-16-28(24,25)4/h18-19,23-26H,5-17H2,1-4H3/t19-,23+,24-,25+,26+,27+,28-/m1/s1. The van der Waals surface area contributed by atoms with Crippen LogP contribution in [-0.2, 0) is 14.3 Å². The van der Waals surface area contributed by atoms with E-state index in [1.807, 2.05) is 6.08 Å². The first-order valence-electron chi connectivity index (χ1n) is 13.1. The molecule has 0 saturated heterocycles. The first kappa shape index (κ1) is 23.1. The molecule has 0 unspecified atom stereocenters. The van der Waals surface area contributed by atoms with Crippen LogP contribution in [0.5, 0.6) is 0 Å². The quantitative estimate of drug-likeness (QED) is 0.327. The third-order valence-electron chi connectivity index (χ3n) is 10.3. The van der Waals surface area contributed by atoms with Gasteiger partial charge >= 0.3 is 5.97 Å². The molecule has 3 fully saturated rings. The second kappa shape index (κ2) is 9.02. The minimum absolute atomic E-state index is 0.159. The molecule has 0 amide bonds. The van der Waals surface area contributed by atoms with E-state index >= 15 is 0 Å². The van der Waals surface area contributed by atoms with Crippen LogP contribution in [0, 0.1) is 40.4 Å². The van der Waals surface area contributed by atoms with Gasteiger partial charge in [0.05, 0.1) is 6.61 Å². The lowest BCUT2D eigenvalue weighted by Crippen LogP contribution is -2.50. The highest BCUT2D eigenvalue weighted by atomic mass is 16.5. The molecule has 3 nitrogen and oxygen atoms in total. The minimum Gasteiger partial charge on any atom is -0.466 e. The molecule has 31 heavy (non-hydrogen) atoms. The number of hydrogen-bond donors (Lipinski definition) is 0. The fourth-order valence-electron chi connectivity index (χ4n) is 8.70. The van der Waals surface area contributed by atoms with E-state index in [1.165, 1.54) is 70.3 Å². The van der Waals surface area contributed by atoms with Gasteiger partial charge in [-0.25, -0.2) is 0 Å². The first-order chi connectivity index (χ1) is 14.8. The van der Waals surface area contributed by atoms with Crippen molar-refractivity contribution in [1.82, 2.24) is 0 Å². The summed E-state index contributed by atoms with van der Waals surface area (Å²) in [5.74, 6) is 4.43. The lowest BCUT2D eigenvalue weighted by Gasteiger charge is -2.58. The maximum atomic E-state index is 12.0. The van der Waals surface area contributed by atoms with Crippen molar-refractivity contribution in [1.29, 1.82) is 0 Å². The summed E-state index contributed by atoms with van der Waals surface area (Å²) in [5, 5.41) is 0. The van der Waals surface area contributed by atoms with Crippen LogP contribution < -0.4 is 0 Å². The molecule has 0 bridgehead atoms. The SMILES string of the molecule is CC(=O)OCCCCC[C@@H](C)[C@H]1CC[C@H]2[C@@H]3CCC4=CC(=O)CC[C@]4(C)[C@H]3CC[C@]12C. The Bertz CT molecular complexity index is 724. The van der Waals surface area contributed by atoms with Gasteiger partial charge in [-0.3, -0.25) is 9.59 Å². The maximum absolute atomic E-state index is 12.0. The number of carbonyl (C=O) groups excluding carboxylic acids is 2. The van der Waals surface area contributed by atoms with Crippen molar-refractivity contribution in [2.24, 2.45) is 40.4 Å². The van der Waals surface area contributed by atoms with Gasteiger partial charge in [0, 0.05) is 13.3 Å². The van der Waals surface area contributed by atoms with Gasteiger partial charge in [-0.2, -0.15) is 0 Å². The van der Waals surface area contributed by atoms with Crippen molar-refractivity contribution < 1.29 is 14.3 Å². The van der Waals surface area contributed by atoms with E-state index in [4.69, 9.17) is 4.74 Å². The van der Waals surface area contributed by atoms with Crippen molar-refractivity contribution in [3.05, 3.63) is 11.6 Å². The summed E-state index contributed by atoms with van der Waals surface area (Å²) in [6, 6.07) is 0. The maximum Gasteiger partial charge on any atom is 0.302 e. The fourth-order valence-corrected chi connectivity index (χ4v) is 8.70. The number of esters is 1. The van der Waals surface area contributed by atoms with Gasteiger partial charge in [0.25, 0.3) is 0 Å². The molecule has 0 radical (unpaired) electrons. The zero-order chi connectivity index (χ0) is 22.2. The zero-order valence-electron chi connectivity index (χ0n) is 20.4. The zero-order valence-corrected chi connectivity index (χ0v) is 20.4. The van der Waals surface area contributed by atoms with E-state index in [2.05, 4.69) is 20.8 Å². The molecule has 4 rings (SSSR count). The predicted molar refractivity (Wildman–Crippen MR) is 124 cm³/mol. The summed E-state index contributed by atoms with van der Waals surface area (Å²) in [5.41, 5.74) is 2.30. The van der Waals surface area contributed by atoms with Crippen molar-refractivity contribution in [2.75, 3.05) is 6.61 Å². The number of rotatable bonds is 7. The number of hydrogen-bond acceptors (Lipinski definition) is 3. The molecule has 4 aliphatic rings. The number of ketones is 1. The monoisotopic (exact) mass is 428 g/mol. The molecule has 3 saturated carbocycles. The van der Waals surface area contributed by atoms with Crippen LogP contribution in [-0.4, -0.2) is 18.4 Å². The number of unbranched alkanes of at least 4 members (excludes halogenated alkanes) is 2. The van der Waals surface area contributed by atoms with Crippen molar-refractivity contribution in [2.45, 2.75) is 105 Å². The third-order valence-corrected chi connectivity index (χ3v) is 10.3. The van der Waals surface area contributed by atoms with Gasteiger partial charge in [-0.15, -0.1) is 0 Å². The van der Waals surface area contributed by atoms with Gasteiger partial charge in [0.2, 0.25) is 0 Å². The summed E-state index contributed by atoms with van der Waals surface area (Å²) in [6.07, 6.45) is 16.7. The Morgan fingerprint density at radius 3 is 2.65 bits per heavy atom. The van der Waals surface area contributed by atoms with Gasteiger partial charge in [-0.1, -0.05) is 45.6 Å². The van der Waals surface area contributed by atoms with E-state index in [0.717, 1.165) is 48.9 Å². The van der Waals surface area contributed by atoms with Crippen LogP contribution in [0.2, 0.25) is 0 Å². The van der Waals surface area contributed by atoms with E-state index in [9.17, 15) is 9.59 Å². The number of ether oxygens (including phenoxy) is 1. The fraction of sp³-hybridized carbons (Fsp3) is 0.857. The lowest BCUT2D eigenvalue weighted by molar-refractivity contribution is -0.141. The van der Waals surface area contributed by atoms with Gasteiger partial charge in [0.15, 0.2) is 5.78 Å². The molecule has 3 heteroatoms. The Morgan fingerprint density at radius 2 is 1.87 bits per heavy atom. The van der Waals surface area contributed by atoms with E-state index in [0.29, 0.717) is 23.2 Å². The van der Waals surface area contributed by atoms with Crippen LogP contribution in [0.1, 0.15) is 105 Å². The number of allylic oxidation sites excluding steroid dienone is 1. The van der Waals surface area contributed by atoms with Crippen LogP contribution in [0.3, 0.4) is 0 Å². The van der Waals surface area contributed by atoms with E-state index < -0.39 is 0 Å². The van der Waals surface area contributed by atoms with Crippen LogP contribution in [0.4, 0.5) is 0 Å². The largest absolute Gasteiger partial charge is 0.466 e. The smallest absolute Gasteiger partial charge is 0.302 e. The summed E-state index contributed by atoms with van der Waals surface area (Å²) in [6.45, 7) is 9.71. The highest BCUT2D eigenvalue weighted by Crippen LogP contribution is 2.67. The average Bonchev–Trinajstić information content (AvgIpc) is 3.08. The van der Waals surface area contributed by atoms with Gasteiger partial charge in [-0.05, 0) is 97.9 Å². The topological polar surface area (TPSA) is 43.4 Å². The molecule has 7 atom stereocenters. The molecular weight excluding hydrogens is 384 g/mol. The summed E-state index contributed by atoms with van der Waals surface area (Å²) in [4.78, 5) is 22.9. The molecule has 0 heterocycles. The second-order valence-electron chi connectivity index (χ2n) is 11.9. The summed E-state index contributed by atoms with van der Waals surface area (Å²) >= 11 is 0. The third kappa shape index (κ3) is 4.27. The first-order valence-corrected chi connectivity index (χ1v) is 13.1. The summed E-state index contributed by atoms with van der Waals surface area (Å²) in [7, 11) is 0. The Balaban J connectivity index is 1.36. The molecule has 0 aromatic heterocycles. The molecular formula is C28H44O3. The molecule has 0 N–H and O–H groups in total. The molecule has 0 aromatic rings. The minimum atomic E-state index is -0.159. The van der Waals surface area contributed by atoms with E-state index in [-0.39, 0.29) is 5.97 Å². The highest BCUT2D eigenvalue weighted by Gasteiger charge is 2.59. The molecule has 4 aliphatic carbocycles. The average molecular weight is 429 g/mol. The predicted octanol–water partition coefficient (Wildman–Crippen LogP) is 6.89. The van der Waals surface area contributed by atoms with Crippen molar-refractivity contribution >= 4 is 11.8 Å². The highest BCUT2D eigenvalue weighted by molar-refractivity contribution is 5.91. The van der Waals surface area contributed by atoms with Gasteiger partial charge in [0.1, 0.15) is 0 Å². The van der Waals surface area contributed by atoms with Crippen molar-refractivity contribution in [3.8, 4) is 0 Å². The van der Waals surface area contributed by atoms with Crippen LogP contribution in [0.25, 0.3) is 0 Å². The van der Waals surface area contributed by atoms with Crippen molar-refractivity contribution in [3.63, 3.8) is 0 Å². The van der Waals surface area contributed by atoms with Crippen LogP contribution >= 0.6 is 0 Å². The Morgan fingerprint density at radius 1 is 1.06 bits per heavy atom. The number of fused-ring (bicyclic) bond motifs is 5. The summed E-state index contributed by atoms with van der Waals surface area (Å²) < 4.78 is 5.08. The second-order valence-corrected chi connectivity index (χ2v) is 11.9. The Hall–Kier alpha value is -1.12. The van der Waals surface area contributed by atoms with Gasteiger partial charge < -0.3 is 4.74 Å². The normalized spacial score (nSPS) is 40.4.